The van der Waals surface area contributed by atoms with Gasteiger partial charge in [0.2, 0.25) is 0 Å². The van der Waals surface area contributed by atoms with Crippen molar-refractivity contribution < 1.29 is 8.42 Å². The zero-order valence-corrected chi connectivity index (χ0v) is 12.7. The van der Waals surface area contributed by atoms with Crippen LogP contribution in [0.3, 0.4) is 0 Å². The van der Waals surface area contributed by atoms with E-state index in [1.807, 2.05) is 6.92 Å². The quantitative estimate of drug-likeness (QED) is 0.873. The maximum atomic E-state index is 12.7. The monoisotopic (exact) mass is 309 g/mol. The molecule has 7 heteroatoms. The molecule has 2 aromatic heterocycles. The maximum absolute atomic E-state index is 12.7. The molecule has 5 nitrogen and oxygen atoms in total. The van der Waals surface area contributed by atoms with Crippen LogP contribution in [-0.2, 0) is 10.0 Å². The zero-order chi connectivity index (χ0) is 14.2. The molecule has 0 bridgehead atoms. The largest absolute Gasteiger partial charge is 0.253 e. The molecule has 0 spiro atoms. The molecule has 0 radical (unpaired) electrons. The third-order valence-electron chi connectivity index (χ3n) is 3.40. The van der Waals surface area contributed by atoms with E-state index in [1.165, 1.54) is 11.3 Å². The number of rotatable bonds is 3. The number of nitrogens with zero attached hydrogens (tertiary/aromatic N) is 3. The molecule has 1 aliphatic rings. The predicted octanol–water partition coefficient (Wildman–Crippen LogP) is 2.37. The van der Waals surface area contributed by atoms with Crippen molar-refractivity contribution in [2.24, 2.45) is 0 Å². The van der Waals surface area contributed by atoms with Gasteiger partial charge in [0.25, 0.3) is 10.0 Å². The molecule has 0 N–H and O–H groups in total. The van der Waals surface area contributed by atoms with Crippen LogP contribution in [-0.4, -0.2) is 29.2 Å². The second kappa shape index (κ2) is 5.23. The lowest BCUT2D eigenvalue weighted by Crippen LogP contribution is -2.30. The lowest BCUT2D eigenvalue weighted by molar-refractivity contribution is 0.390. The van der Waals surface area contributed by atoms with Crippen molar-refractivity contribution in [2.75, 3.05) is 6.54 Å². The average molecular weight is 309 g/mol. The first-order valence-corrected chi connectivity index (χ1v) is 8.76. The molecule has 2 aromatic rings. The van der Waals surface area contributed by atoms with Crippen LogP contribution in [0.1, 0.15) is 30.4 Å². The molecule has 1 saturated heterocycles. The van der Waals surface area contributed by atoms with E-state index in [4.69, 9.17) is 0 Å². The van der Waals surface area contributed by atoms with Crippen LogP contribution in [0.4, 0.5) is 0 Å². The minimum absolute atomic E-state index is 0.177. The van der Waals surface area contributed by atoms with E-state index >= 15 is 0 Å². The van der Waals surface area contributed by atoms with Gasteiger partial charge in [-0.3, -0.25) is 0 Å². The van der Waals surface area contributed by atoms with Crippen molar-refractivity contribution in [3.05, 3.63) is 41.3 Å². The van der Waals surface area contributed by atoms with Gasteiger partial charge in [-0.05, 0) is 37.3 Å². The number of sulfonamides is 1. The van der Waals surface area contributed by atoms with Gasteiger partial charge >= 0.3 is 0 Å². The van der Waals surface area contributed by atoms with Crippen molar-refractivity contribution >= 4 is 21.4 Å². The van der Waals surface area contributed by atoms with Gasteiger partial charge in [-0.1, -0.05) is 6.07 Å². The Kier molecular flexibility index (Phi) is 3.57. The van der Waals surface area contributed by atoms with Crippen molar-refractivity contribution in [3.8, 4) is 0 Å². The molecule has 20 heavy (non-hydrogen) atoms. The molecule has 0 aliphatic carbocycles. The third kappa shape index (κ3) is 2.36. The fourth-order valence-electron chi connectivity index (χ4n) is 2.51. The van der Waals surface area contributed by atoms with Crippen molar-refractivity contribution in [1.29, 1.82) is 0 Å². The maximum Gasteiger partial charge on any atom is 0.253 e. The standard InChI is InChI=1S/C13H15N3O2S2/c1-10-14-7-6-11(15-10)12-4-2-8-16(12)20(17,18)13-5-3-9-19-13/h3,5-7,9,12H,2,4,8H2,1H3/t12-/m0/s1. The summed E-state index contributed by atoms with van der Waals surface area (Å²) < 4.78 is 27.3. The van der Waals surface area contributed by atoms with Crippen molar-refractivity contribution in [2.45, 2.75) is 30.0 Å². The van der Waals surface area contributed by atoms with Crippen molar-refractivity contribution in [1.82, 2.24) is 14.3 Å². The second-order valence-corrected chi connectivity index (χ2v) is 7.80. The molecule has 0 aromatic carbocycles. The molecule has 3 rings (SSSR count). The van der Waals surface area contributed by atoms with Gasteiger partial charge in [0.15, 0.2) is 0 Å². The Balaban J connectivity index is 1.98. The number of aryl methyl sites for hydroxylation is 1. The van der Waals surface area contributed by atoms with E-state index in [1.54, 1.807) is 34.1 Å². The fourth-order valence-corrected chi connectivity index (χ4v) is 5.30. The molecule has 3 heterocycles. The summed E-state index contributed by atoms with van der Waals surface area (Å²) >= 11 is 1.25. The number of aromatic nitrogens is 2. The first-order valence-electron chi connectivity index (χ1n) is 6.44. The highest BCUT2D eigenvalue weighted by molar-refractivity contribution is 7.91. The summed E-state index contributed by atoms with van der Waals surface area (Å²) in [6, 6.07) is 5.04. The summed E-state index contributed by atoms with van der Waals surface area (Å²) in [4.78, 5) is 8.46. The van der Waals surface area contributed by atoms with Gasteiger partial charge in [-0.2, -0.15) is 4.31 Å². The number of hydrogen-bond acceptors (Lipinski definition) is 5. The Morgan fingerprint density at radius 3 is 2.95 bits per heavy atom. The van der Waals surface area contributed by atoms with E-state index in [2.05, 4.69) is 9.97 Å². The first kappa shape index (κ1) is 13.7. The van der Waals surface area contributed by atoms with E-state index in [0.717, 1.165) is 18.5 Å². The van der Waals surface area contributed by atoms with Gasteiger partial charge in [-0.15, -0.1) is 11.3 Å². The molecular formula is C13H15N3O2S2. The fraction of sp³-hybridized carbons (Fsp3) is 0.385. The predicted molar refractivity (Wildman–Crippen MR) is 77.0 cm³/mol. The van der Waals surface area contributed by atoms with Crippen LogP contribution in [0.15, 0.2) is 34.0 Å². The first-order chi connectivity index (χ1) is 9.59. The highest BCUT2D eigenvalue weighted by Gasteiger charge is 2.37. The van der Waals surface area contributed by atoms with Crippen LogP contribution < -0.4 is 0 Å². The van der Waals surface area contributed by atoms with Gasteiger partial charge in [0.1, 0.15) is 10.0 Å². The Hall–Kier alpha value is -1.31. The van der Waals surface area contributed by atoms with Crippen molar-refractivity contribution in [3.63, 3.8) is 0 Å². The zero-order valence-electron chi connectivity index (χ0n) is 11.1. The summed E-state index contributed by atoms with van der Waals surface area (Å²) in [6.45, 7) is 2.37. The van der Waals surface area contributed by atoms with Crippen LogP contribution in [0, 0.1) is 6.92 Å². The summed E-state index contributed by atoms with van der Waals surface area (Å²) in [5.74, 6) is 0.669. The van der Waals surface area contributed by atoms with Gasteiger partial charge < -0.3 is 0 Å². The SMILES string of the molecule is Cc1nccc([C@@H]2CCCN2S(=O)(=O)c2cccs2)n1. The number of hydrogen-bond donors (Lipinski definition) is 0. The molecule has 0 unspecified atom stereocenters. The highest BCUT2D eigenvalue weighted by atomic mass is 32.2. The summed E-state index contributed by atoms with van der Waals surface area (Å²) in [5.41, 5.74) is 0.787. The average Bonchev–Trinajstić information content (AvgIpc) is 3.11. The van der Waals surface area contributed by atoms with Gasteiger partial charge in [0, 0.05) is 12.7 Å². The topological polar surface area (TPSA) is 63.2 Å². The minimum Gasteiger partial charge on any atom is -0.242 e. The molecular weight excluding hydrogens is 294 g/mol. The summed E-state index contributed by atoms with van der Waals surface area (Å²) in [6.07, 6.45) is 3.35. The summed E-state index contributed by atoms with van der Waals surface area (Å²) in [7, 11) is -3.41. The normalized spacial score (nSPS) is 20.4. The van der Waals surface area contributed by atoms with E-state index in [9.17, 15) is 8.42 Å². The van der Waals surface area contributed by atoms with Crippen LogP contribution >= 0.6 is 11.3 Å². The Bertz CT molecular complexity index is 698. The smallest absolute Gasteiger partial charge is 0.242 e. The lowest BCUT2D eigenvalue weighted by atomic mass is 10.1. The highest BCUT2D eigenvalue weighted by Crippen LogP contribution is 2.36. The molecule has 0 saturated carbocycles. The molecule has 106 valence electrons. The van der Waals surface area contributed by atoms with E-state index in [0.29, 0.717) is 16.6 Å². The van der Waals surface area contributed by atoms with Crippen LogP contribution in [0.25, 0.3) is 0 Å². The Labute approximate surface area is 122 Å². The van der Waals surface area contributed by atoms with Gasteiger partial charge in [0.05, 0.1) is 11.7 Å². The van der Waals surface area contributed by atoms with Gasteiger partial charge in [-0.25, -0.2) is 18.4 Å². The Morgan fingerprint density at radius 2 is 2.25 bits per heavy atom. The van der Waals surface area contributed by atoms with E-state index in [-0.39, 0.29) is 6.04 Å². The molecule has 1 aliphatic heterocycles. The molecule has 0 amide bonds. The third-order valence-corrected chi connectivity index (χ3v) is 6.68. The Morgan fingerprint density at radius 1 is 1.40 bits per heavy atom. The van der Waals surface area contributed by atoms with Crippen LogP contribution in [0.5, 0.6) is 0 Å². The lowest BCUT2D eigenvalue weighted by Gasteiger charge is -2.22. The van der Waals surface area contributed by atoms with Crippen LogP contribution in [0.2, 0.25) is 0 Å². The molecule has 1 atom stereocenters. The number of thiophene rings is 1. The van der Waals surface area contributed by atoms with E-state index < -0.39 is 10.0 Å². The molecule has 1 fully saturated rings. The minimum atomic E-state index is -3.41. The summed E-state index contributed by atoms with van der Waals surface area (Å²) in [5, 5.41) is 1.78. The second-order valence-electron chi connectivity index (χ2n) is 4.73.